The summed E-state index contributed by atoms with van der Waals surface area (Å²) in [6.07, 6.45) is -2.11. The van der Waals surface area contributed by atoms with Gasteiger partial charge in [-0.15, -0.1) is 13.2 Å². The number of carbonyl (C=O) groups excluding carboxylic acids is 6. The number of ether oxygens (including phenoxy) is 4. The van der Waals surface area contributed by atoms with Crippen LogP contribution in [-0.4, -0.2) is 117 Å². The predicted molar refractivity (Wildman–Crippen MR) is 253 cm³/mol. The Bertz CT molecular complexity index is 3440. The fourth-order valence-corrected chi connectivity index (χ4v) is 10.0. The van der Waals surface area contributed by atoms with E-state index in [4.69, 9.17) is 14.2 Å². The number of aryl methyl sites for hydroxylation is 1. The number of benzene rings is 4. The van der Waals surface area contributed by atoms with Crippen LogP contribution in [0.3, 0.4) is 0 Å². The second-order valence-electron chi connectivity index (χ2n) is 18.6. The molecule has 19 nitrogen and oxygen atoms in total. The molecule has 4 aliphatic rings. The first-order chi connectivity index (χ1) is 35.3. The Labute approximate surface area is 416 Å². The molecule has 2 aromatic heterocycles. The van der Waals surface area contributed by atoms with Gasteiger partial charge in [0.1, 0.15) is 23.7 Å². The highest BCUT2D eigenvalue weighted by Crippen LogP contribution is 2.42. The molecule has 1 atom stereocenters. The van der Waals surface area contributed by atoms with E-state index in [1.165, 1.54) is 67.2 Å². The monoisotopic (exact) mass is 1020 g/mol. The van der Waals surface area contributed by atoms with Gasteiger partial charge >= 0.3 is 6.36 Å². The minimum Gasteiger partial charge on any atom is -0.493 e. The molecule has 6 heterocycles. The zero-order valence-corrected chi connectivity index (χ0v) is 39.8. The number of amides is 6. The first-order valence-electron chi connectivity index (χ1n) is 23.3. The van der Waals surface area contributed by atoms with Gasteiger partial charge in [-0.25, -0.2) is 14.4 Å². The number of hydrogen-bond donors (Lipinski definition) is 2. The van der Waals surface area contributed by atoms with Gasteiger partial charge in [0.25, 0.3) is 23.6 Å². The maximum absolute atomic E-state index is 15.6. The quantitative estimate of drug-likeness (QED) is 0.116. The van der Waals surface area contributed by atoms with Crippen LogP contribution in [0.4, 0.5) is 23.2 Å². The number of likely N-dealkylation sites (tertiary alicyclic amines) is 2. The predicted octanol–water partition coefficient (Wildman–Crippen LogP) is 5.79. The number of methoxy groups -OCH3 is 1. The van der Waals surface area contributed by atoms with Crippen LogP contribution in [0.2, 0.25) is 0 Å². The molecule has 6 aromatic rings. The number of imide groups is 1. The number of piperidine rings is 2. The number of fused-ring (bicyclic) bond motifs is 3. The number of nitrogens with one attached hydrogen (secondary N) is 2. The Hall–Kier alpha value is -8.63. The lowest BCUT2D eigenvalue weighted by Gasteiger charge is -2.54. The van der Waals surface area contributed by atoms with E-state index in [-0.39, 0.29) is 106 Å². The van der Waals surface area contributed by atoms with Gasteiger partial charge in [-0.05, 0) is 86.3 Å². The van der Waals surface area contributed by atoms with E-state index >= 15 is 4.39 Å². The lowest BCUT2D eigenvalue weighted by atomic mass is 9.71. The number of alkyl halides is 3. The van der Waals surface area contributed by atoms with Crippen LogP contribution in [0.5, 0.6) is 28.9 Å². The molecule has 23 heteroatoms. The summed E-state index contributed by atoms with van der Waals surface area (Å²) in [7, 11) is 2.92. The zero-order chi connectivity index (χ0) is 52.4. The molecule has 1 unspecified atom stereocenters. The van der Waals surface area contributed by atoms with Crippen molar-refractivity contribution < 1.29 is 65.3 Å². The average Bonchev–Trinajstić information content (AvgIpc) is 3.68. The summed E-state index contributed by atoms with van der Waals surface area (Å²) in [4.78, 5) is 105. The van der Waals surface area contributed by atoms with E-state index in [1.54, 1.807) is 28.0 Å². The third kappa shape index (κ3) is 9.24. The molecule has 4 aliphatic heterocycles. The zero-order valence-electron chi connectivity index (χ0n) is 39.8. The minimum atomic E-state index is -5.01. The smallest absolute Gasteiger partial charge is 0.493 e. The van der Waals surface area contributed by atoms with E-state index in [1.807, 2.05) is 0 Å². The van der Waals surface area contributed by atoms with Crippen LogP contribution >= 0.6 is 0 Å². The molecule has 382 valence electrons. The van der Waals surface area contributed by atoms with Gasteiger partial charge in [-0.3, -0.25) is 38.9 Å². The molecule has 0 aliphatic carbocycles. The molecule has 0 bridgehead atoms. The van der Waals surface area contributed by atoms with Gasteiger partial charge in [0.15, 0.2) is 29.7 Å². The molecular weight excluding hydrogens is 977 g/mol. The SMILES string of the molecule is COc1cc2c(Oc3ccc(NC(=O)c4c(C)n(C)c5ccc(OC(F)(F)F)cc5c4=O)cc3F)ncnc2cc1OCC(=O)N1CCC2(CC1)CN(C(=O)c1ccc3c(c1)CN(C1CCC(=O)NC1=O)C3=O)C2. The van der Waals surface area contributed by atoms with E-state index < -0.39 is 41.2 Å². The third-order valence-corrected chi connectivity index (χ3v) is 14.0. The number of nitrogens with zero attached hydrogens (tertiary/aromatic N) is 6. The van der Waals surface area contributed by atoms with Gasteiger partial charge < -0.3 is 43.5 Å². The van der Waals surface area contributed by atoms with Crippen molar-refractivity contribution in [2.24, 2.45) is 12.5 Å². The van der Waals surface area contributed by atoms with E-state index in [2.05, 4.69) is 25.3 Å². The number of aromatic nitrogens is 3. The Morgan fingerprint density at radius 2 is 1.66 bits per heavy atom. The normalized spacial score (nSPS) is 17.3. The van der Waals surface area contributed by atoms with Crippen molar-refractivity contribution in [2.45, 2.75) is 51.6 Å². The second kappa shape index (κ2) is 18.8. The molecule has 0 saturated carbocycles. The summed E-state index contributed by atoms with van der Waals surface area (Å²) < 4.78 is 77.2. The van der Waals surface area contributed by atoms with Gasteiger partial charge in [0.2, 0.25) is 23.1 Å². The topological polar surface area (TPSA) is 221 Å². The molecule has 2 N–H and O–H groups in total. The molecule has 0 radical (unpaired) electrons. The second-order valence-corrected chi connectivity index (χ2v) is 18.6. The maximum Gasteiger partial charge on any atom is 0.573 e. The molecular formula is C51H44F4N8O11. The van der Waals surface area contributed by atoms with Crippen LogP contribution in [0.1, 0.15) is 68.0 Å². The highest BCUT2D eigenvalue weighted by Gasteiger charge is 2.48. The van der Waals surface area contributed by atoms with E-state index in [9.17, 15) is 46.7 Å². The summed E-state index contributed by atoms with van der Waals surface area (Å²) >= 11 is 0. The largest absolute Gasteiger partial charge is 0.573 e. The number of halogens is 4. The van der Waals surface area contributed by atoms with Crippen molar-refractivity contribution in [1.82, 2.24) is 34.6 Å². The summed E-state index contributed by atoms with van der Waals surface area (Å²) in [5.74, 6) is -4.12. The van der Waals surface area contributed by atoms with Gasteiger partial charge in [-0.2, -0.15) is 0 Å². The summed E-state index contributed by atoms with van der Waals surface area (Å²) in [5, 5.41) is 4.85. The van der Waals surface area contributed by atoms with Crippen molar-refractivity contribution in [3.8, 4) is 28.9 Å². The number of anilines is 1. The van der Waals surface area contributed by atoms with Crippen LogP contribution in [-0.2, 0) is 28.0 Å². The standard InChI is InChI=1S/C51H44F4N8O11/c1-26-43(44(66)33-18-30(74-51(53,54)55)6-8-36(33)60(26)2)46(68)58-29-5-10-38(34(52)17-29)73-47-32-19-39(71-3)40(20-35(32)56-25-57-47)72-22-42(65)61-14-12-50(13-15-61)23-62(24-50)48(69)27-4-7-31-28(16-27)21-63(49(31)70)37-9-11-41(64)59-45(37)67/h4-8,10,16-20,25,37H,9,11-15,21-24H2,1-3H3,(H,58,68)(H,59,64,67). The lowest BCUT2D eigenvalue weighted by Crippen LogP contribution is -2.62. The van der Waals surface area contributed by atoms with Crippen molar-refractivity contribution >= 4 is 62.9 Å². The summed E-state index contributed by atoms with van der Waals surface area (Å²) in [6.45, 7) is 3.25. The molecule has 10 rings (SSSR count). The molecule has 6 amide bonds. The van der Waals surface area contributed by atoms with Crippen LogP contribution < -0.4 is 35.0 Å². The number of rotatable bonds is 11. The fourth-order valence-electron chi connectivity index (χ4n) is 10.0. The van der Waals surface area contributed by atoms with Crippen molar-refractivity contribution in [3.63, 3.8) is 0 Å². The third-order valence-electron chi connectivity index (χ3n) is 14.0. The molecule has 4 aromatic carbocycles. The van der Waals surface area contributed by atoms with Crippen LogP contribution in [0.15, 0.2) is 77.9 Å². The first-order valence-corrected chi connectivity index (χ1v) is 23.3. The lowest BCUT2D eigenvalue weighted by molar-refractivity contribution is -0.274. The highest BCUT2D eigenvalue weighted by molar-refractivity contribution is 6.08. The minimum absolute atomic E-state index is 0.0659. The number of carbonyl (C=O) groups is 6. The molecule has 3 saturated heterocycles. The van der Waals surface area contributed by atoms with Gasteiger partial charge in [0.05, 0.1) is 28.9 Å². The number of hydrogen-bond acceptors (Lipinski definition) is 13. The summed E-state index contributed by atoms with van der Waals surface area (Å²) in [5.41, 5.74) is 0.807. The van der Waals surface area contributed by atoms with E-state index in [0.717, 1.165) is 18.2 Å². The Morgan fingerprint density at radius 3 is 2.38 bits per heavy atom. The van der Waals surface area contributed by atoms with Gasteiger partial charge in [0, 0.05) is 86.2 Å². The van der Waals surface area contributed by atoms with Crippen molar-refractivity contribution in [2.75, 3.05) is 45.2 Å². The Balaban J connectivity index is 0.736. The van der Waals surface area contributed by atoms with Crippen molar-refractivity contribution in [3.05, 3.63) is 117 Å². The van der Waals surface area contributed by atoms with Gasteiger partial charge in [-0.1, -0.05) is 0 Å². The molecule has 74 heavy (non-hydrogen) atoms. The molecule has 1 spiro atoms. The Kier molecular flexibility index (Phi) is 12.4. The van der Waals surface area contributed by atoms with E-state index in [0.29, 0.717) is 66.6 Å². The summed E-state index contributed by atoms with van der Waals surface area (Å²) in [6, 6.07) is 13.9. The Morgan fingerprint density at radius 1 is 0.892 bits per heavy atom. The highest BCUT2D eigenvalue weighted by atomic mass is 19.4. The van der Waals surface area contributed by atoms with Crippen LogP contribution in [0, 0.1) is 18.2 Å². The van der Waals surface area contributed by atoms with Crippen molar-refractivity contribution in [1.29, 1.82) is 0 Å². The maximum atomic E-state index is 15.6. The van der Waals surface area contributed by atoms with Crippen LogP contribution in [0.25, 0.3) is 21.8 Å². The fraction of sp³-hybridized carbons (Fsp3) is 0.314. The molecule has 3 fully saturated rings. The number of pyridine rings is 1. The average molecular weight is 1020 g/mol. The first kappa shape index (κ1) is 49.0.